The van der Waals surface area contributed by atoms with E-state index in [1.54, 1.807) is 0 Å². The van der Waals surface area contributed by atoms with Crippen LogP contribution in [0.25, 0.3) is 0 Å². The van der Waals surface area contributed by atoms with E-state index in [0.29, 0.717) is 0 Å². The number of hydrogen-bond acceptors (Lipinski definition) is 0. The van der Waals surface area contributed by atoms with Gasteiger partial charge in [0.1, 0.15) is 0 Å². The van der Waals surface area contributed by atoms with Gasteiger partial charge in [-0.2, -0.15) is 0 Å². The van der Waals surface area contributed by atoms with E-state index in [1.165, 1.54) is 9.13 Å². The summed E-state index contributed by atoms with van der Waals surface area (Å²) in [4.78, 5) is 0. The lowest BCUT2D eigenvalue weighted by Crippen LogP contribution is -1.87. The molecular formula is C16H13I. The highest BCUT2D eigenvalue weighted by molar-refractivity contribution is 14.1. The van der Waals surface area contributed by atoms with Crippen LogP contribution in [0.1, 0.15) is 23.6 Å². The maximum absolute atomic E-state index is 3.21. The van der Waals surface area contributed by atoms with Crippen molar-refractivity contribution in [2.45, 2.75) is 13.3 Å². The zero-order valence-corrected chi connectivity index (χ0v) is 11.9. The maximum atomic E-state index is 3.21. The Labute approximate surface area is 116 Å². The van der Waals surface area contributed by atoms with E-state index in [9.17, 15) is 0 Å². The largest absolute Gasteiger partial charge is 0.0622 e. The molecule has 0 aliphatic carbocycles. The van der Waals surface area contributed by atoms with Crippen molar-refractivity contribution in [1.82, 2.24) is 0 Å². The Balaban J connectivity index is 2.28. The first-order valence-electron chi connectivity index (χ1n) is 5.65. The van der Waals surface area contributed by atoms with Crippen LogP contribution in [0.5, 0.6) is 0 Å². The molecule has 0 saturated heterocycles. The summed E-state index contributed by atoms with van der Waals surface area (Å²) in [6.07, 6.45) is 1.05. The molecule has 0 nitrogen and oxygen atoms in total. The molecule has 2 rings (SSSR count). The molecular weight excluding hydrogens is 319 g/mol. The third-order valence-electron chi connectivity index (χ3n) is 2.55. The molecule has 84 valence electrons. The lowest BCUT2D eigenvalue weighted by molar-refractivity contribution is 1.12. The summed E-state index contributed by atoms with van der Waals surface area (Å²) in [5, 5.41) is 0. The number of aryl methyl sites for hydroxylation is 1. The number of hydrogen-bond donors (Lipinski definition) is 0. The predicted octanol–water partition coefficient (Wildman–Crippen LogP) is 4.25. The van der Waals surface area contributed by atoms with Gasteiger partial charge in [-0.15, -0.1) is 0 Å². The second-order valence-corrected chi connectivity index (χ2v) is 4.94. The average Bonchev–Trinajstić information content (AvgIpc) is 2.39. The molecule has 0 spiro atoms. The fraction of sp³-hybridized carbons (Fsp3) is 0.125. The van der Waals surface area contributed by atoms with E-state index in [1.807, 2.05) is 30.3 Å². The normalized spacial score (nSPS) is 9.53. The van der Waals surface area contributed by atoms with Crippen LogP contribution >= 0.6 is 22.6 Å². The summed E-state index contributed by atoms with van der Waals surface area (Å²) in [6.45, 7) is 2.17. The maximum Gasteiger partial charge on any atom is 0.0252 e. The SMILES string of the molecule is CCc1cc(C#Cc2ccccc2)ccc1I. The molecule has 0 bridgehead atoms. The molecule has 0 amide bonds. The summed E-state index contributed by atoms with van der Waals surface area (Å²) < 4.78 is 1.32. The standard InChI is InChI=1S/C16H13I/c1-2-15-12-14(10-11-16(15)17)9-8-13-6-4-3-5-7-13/h3-7,10-12H,2H2,1H3. The summed E-state index contributed by atoms with van der Waals surface area (Å²) in [5.74, 6) is 6.39. The van der Waals surface area contributed by atoms with Crippen molar-refractivity contribution in [2.75, 3.05) is 0 Å². The molecule has 0 heterocycles. The van der Waals surface area contributed by atoms with Crippen molar-refractivity contribution in [2.24, 2.45) is 0 Å². The van der Waals surface area contributed by atoms with Gasteiger partial charge in [-0.1, -0.05) is 37.0 Å². The smallest absolute Gasteiger partial charge is 0.0252 e. The van der Waals surface area contributed by atoms with Crippen molar-refractivity contribution in [3.05, 3.63) is 68.8 Å². The van der Waals surface area contributed by atoms with Crippen LogP contribution in [0.15, 0.2) is 48.5 Å². The van der Waals surface area contributed by atoms with Crippen molar-refractivity contribution in [3.8, 4) is 11.8 Å². The highest BCUT2D eigenvalue weighted by Crippen LogP contribution is 2.14. The van der Waals surface area contributed by atoms with Crippen molar-refractivity contribution < 1.29 is 0 Å². The van der Waals surface area contributed by atoms with Crippen molar-refractivity contribution in [1.29, 1.82) is 0 Å². The highest BCUT2D eigenvalue weighted by Gasteiger charge is 1.97. The topological polar surface area (TPSA) is 0 Å². The van der Waals surface area contributed by atoms with Gasteiger partial charge in [0, 0.05) is 14.7 Å². The van der Waals surface area contributed by atoms with Gasteiger partial charge in [-0.05, 0) is 64.9 Å². The second-order valence-electron chi connectivity index (χ2n) is 3.78. The molecule has 0 saturated carbocycles. The molecule has 2 aromatic rings. The fourth-order valence-electron chi connectivity index (χ4n) is 1.59. The van der Waals surface area contributed by atoms with Crippen molar-refractivity contribution in [3.63, 3.8) is 0 Å². The van der Waals surface area contributed by atoms with Crippen LogP contribution in [-0.2, 0) is 6.42 Å². The molecule has 0 aliphatic rings. The van der Waals surface area contributed by atoms with Crippen LogP contribution in [0.2, 0.25) is 0 Å². The predicted molar refractivity (Wildman–Crippen MR) is 81.0 cm³/mol. The van der Waals surface area contributed by atoms with Gasteiger partial charge < -0.3 is 0 Å². The van der Waals surface area contributed by atoms with Gasteiger partial charge in [0.25, 0.3) is 0 Å². The third-order valence-corrected chi connectivity index (χ3v) is 3.60. The van der Waals surface area contributed by atoms with Gasteiger partial charge in [0.2, 0.25) is 0 Å². The summed E-state index contributed by atoms with van der Waals surface area (Å²) >= 11 is 2.37. The minimum absolute atomic E-state index is 1.05. The molecule has 0 N–H and O–H groups in total. The van der Waals surface area contributed by atoms with Crippen LogP contribution in [0.3, 0.4) is 0 Å². The van der Waals surface area contributed by atoms with E-state index in [0.717, 1.165) is 17.5 Å². The molecule has 0 radical (unpaired) electrons. The Morgan fingerprint density at radius 3 is 2.35 bits per heavy atom. The zero-order chi connectivity index (χ0) is 12.1. The molecule has 1 heteroatoms. The fourth-order valence-corrected chi connectivity index (χ4v) is 2.31. The van der Waals surface area contributed by atoms with Gasteiger partial charge >= 0.3 is 0 Å². The molecule has 17 heavy (non-hydrogen) atoms. The molecule has 0 atom stereocenters. The number of rotatable bonds is 1. The first kappa shape index (κ1) is 12.2. The Kier molecular flexibility index (Phi) is 4.22. The Bertz CT molecular complexity index is 559. The molecule has 0 aliphatic heterocycles. The highest BCUT2D eigenvalue weighted by atomic mass is 127. The Morgan fingerprint density at radius 1 is 0.941 bits per heavy atom. The minimum Gasteiger partial charge on any atom is -0.0622 e. The summed E-state index contributed by atoms with van der Waals surface area (Å²) in [7, 11) is 0. The van der Waals surface area contributed by atoms with E-state index in [4.69, 9.17) is 0 Å². The molecule has 2 aromatic carbocycles. The zero-order valence-electron chi connectivity index (χ0n) is 9.70. The van der Waals surface area contributed by atoms with Gasteiger partial charge in [0.15, 0.2) is 0 Å². The first-order chi connectivity index (χ1) is 8.29. The molecule has 0 fully saturated rings. The van der Waals surface area contributed by atoms with E-state index < -0.39 is 0 Å². The lowest BCUT2D eigenvalue weighted by atomic mass is 10.1. The molecule has 0 aromatic heterocycles. The van der Waals surface area contributed by atoms with Gasteiger partial charge in [-0.25, -0.2) is 0 Å². The van der Waals surface area contributed by atoms with Crippen molar-refractivity contribution >= 4 is 22.6 Å². The van der Waals surface area contributed by atoms with Gasteiger partial charge in [-0.3, -0.25) is 0 Å². The van der Waals surface area contributed by atoms with E-state index >= 15 is 0 Å². The van der Waals surface area contributed by atoms with E-state index in [2.05, 4.69) is 59.6 Å². The average molecular weight is 332 g/mol. The molecule has 0 unspecified atom stereocenters. The first-order valence-corrected chi connectivity index (χ1v) is 6.73. The van der Waals surface area contributed by atoms with Crippen LogP contribution in [0, 0.1) is 15.4 Å². The lowest BCUT2D eigenvalue weighted by Gasteiger charge is -2.00. The number of benzene rings is 2. The third kappa shape index (κ3) is 3.34. The quantitative estimate of drug-likeness (QED) is 0.541. The monoisotopic (exact) mass is 332 g/mol. The number of halogens is 1. The minimum atomic E-state index is 1.05. The van der Waals surface area contributed by atoms with Crippen LogP contribution in [0.4, 0.5) is 0 Å². The van der Waals surface area contributed by atoms with Gasteiger partial charge in [0.05, 0.1) is 0 Å². The Hall–Kier alpha value is -1.27. The van der Waals surface area contributed by atoms with Crippen LogP contribution < -0.4 is 0 Å². The second kappa shape index (κ2) is 5.88. The summed E-state index contributed by atoms with van der Waals surface area (Å²) in [5.41, 5.74) is 3.51. The van der Waals surface area contributed by atoms with E-state index in [-0.39, 0.29) is 0 Å². The Morgan fingerprint density at radius 2 is 1.65 bits per heavy atom. The van der Waals surface area contributed by atoms with Crippen LogP contribution in [-0.4, -0.2) is 0 Å². The summed E-state index contributed by atoms with van der Waals surface area (Å²) in [6, 6.07) is 16.5.